The predicted octanol–water partition coefficient (Wildman–Crippen LogP) is 3.50. The van der Waals surface area contributed by atoms with Crippen LogP contribution < -0.4 is 0 Å². The van der Waals surface area contributed by atoms with Crippen molar-refractivity contribution in [2.24, 2.45) is 0 Å². The van der Waals surface area contributed by atoms with E-state index < -0.39 is 17.6 Å². The molecule has 0 saturated carbocycles. The number of carbonyl (C=O) groups is 1. The van der Waals surface area contributed by atoms with Gasteiger partial charge in [0.15, 0.2) is 4.77 Å². The highest BCUT2D eigenvalue weighted by Gasteiger charge is 2.24. The molecule has 1 atom stereocenters. The number of nitrogens with zero attached hydrogens (tertiary/aromatic N) is 2. The van der Waals surface area contributed by atoms with E-state index >= 15 is 0 Å². The summed E-state index contributed by atoms with van der Waals surface area (Å²) in [5.41, 5.74) is 1.26. The normalized spacial score (nSPS) is 17.0. The summed E-state index contributed by atoms with van der Waals surface area (Å²) in [5, 5.41) is 8.76. The van der Waals surface area contributed by atoms with Gasteiger partial charge in [-0.1, -0.05) is 0 Å². The molecule has 3 rings (SSSR count). The number of aryl methyl sites for hydroxylation is 1. The van der Waals surface area contributed by atoms with Crippen LogP contribution in [0.15, 0.2) is 24.5 Å². The van der Waals surface area contributed by atoms with Gasteiger partial charge in [0, 0.05) is 31.0 Å². The van der Waals surface area contributed by atoms with Gasteiger partial charge in [0.2, 0.25) is 0 Å². The van der Waals surface area contributed by atoms with E-state index in [1.54, 1.807) is 10.8 Å². The number of hydrogen-bond acceptors (Lipinski definition) is 2. The average Bonchev–Trinajstić information content (AvgIpc) is 2.85. The molecule has 0 aliphatic heterocycles. The van der Waals surface area contributed by atoms with Crippen molar-refractivity contribution in [3.05, 3.63) is 52.1 Å². The highest BCUT2D eigenvalue weighted by molar-refractivity contribution is 7.71. The van der Waals surface area contributed by atoms with Gasteiger partial charge >= 0.3 is 5.97 Å². The highest BCUT2D eigenvalue weighted by atomic mass is 32.1. The SMILES string of the molecule is O=C(O)CCn1ccn(C2CCc3c(F)cc(F)cc3C2)c1=S. The van der Waals surface area contributed by atoms with Crippen molar-refractivity contribution in [3.63, 3.8) is 0 Å². The van der Waals surface area contributed by atoms with E-state index in [-0.39, 0.29) is 12.5 Å². The second-order valence-corrected chi connectivity index (χ2v) is 6.11. The van der Waals surface area contributed by atoms with Crippen LogP contribution >= 0.6 is 12.2 Å². The van der Waals surface area contributed by atoms with Crippen LogP contribution in [0.3, 0.4) is 0 Å². The van der Waals surface area contributed by atoms with E-state index in [0.29, 0.717) is 41.7 Å². The Morgan fingerprint density at radius 2 is 2.13 bits per heavy atom. The van der Waals surface area contributed by atoms with Gasteiger partial charge in [-0.25, -0.2) is 8.78 Å². The summed E-state index contributed by atoms with van der Waals surface area (Å²) >= 11 is 5.39. The Labute approximate surface area is 137 Å². The van der Waals surface area contributed by atoms with Gasteiger partial charge in [-0.3, -0.25) is 4.79 Å². The lowest BCUT2D eigenvalue weighted by Gasteiger charge is -2.26. The fourth-order valence-corrected chi connectivity index (χ4v) is 3.48. The quantitative estimate of drug-likeness (QED) is 0.868. The van der Waals surface area contributed by atoms with Crippen molar-refractivity contribution in [2.75, 3.05) is 0 Å². The fourth-order valence-electron chi connectivity index (χ4n) is 3.12. The molecule has 0 amide bonds. The van der Waals surface area contributed by atoms with Crippen LogP contribution in [0, 0.1) is 16.4 Å². The van der Waals surface area contributed by atoms with E-state index in [0.717, 1.165) is 6.07 Å². The van der Waals surface area contributed by atoms with Gasteiger partial charge in [0.25, 0.3) is 0 Å². The number of hydrogen-bond donors (Lipinski definition) is 1. The molecule has 2 aromatic rings. The summed E-state index contributed by atoms with van der Waals surface area (Å²) < 4.78 is 31.4. The number of carboxylic acids is 1. The Morgan fingerprint density at radius 3 is 2.87 bits per heavy atom. The number of fused-ring (bicyclic) bond motifs is 1. The Morgan fingerprint density at radius 1 is 1.35 bits per heavy atom. The largest absolute Gasteiger partial charge is 0.481 e. The van der Waals surface area contributed by atoms with Crippen LogP contribution in [0.2, 0.25) is 0 Å². The van der Waals surface area contributed by atoms with Gasteiger partial charge in [-0.15, -0.1) is 0 Å². The van der Waals surface area contributed by atoms with Crippen LogP contribution in [0.4, 0.5) is 8.78 Å². The molecule has 1 N–H and O–H groups in total. The zero-order chi connectivity index (χ0) is 16.6. The average molecular weight is 338 g/mol. The monoisotopic (exact) mass is 338 g/mol. The van der Waals surface area contributed by atoms with Gasteiger partial charge in [0.1, 0.15) is 11.6 Å². The van der Waals surface area contributed by atoms with Crippen molar-refractivity contribution in [1.82, 2.24) is 9.13 Å². The maximum Gasteiger partial charge on any atom is 0.305 e. The molecule has 1 unspecified atom stereocenters. The first kappa shape index (κ1) is 15.9. The van der Waals surface area contributed by atoms with Crippen LogP contribution in [-0.4, -0.2) is 20.2 Å². The molecule has 23 heavy (non-hydrogen) atoms. The molecule has 7 heteroatoms. The third-order valence-corrected chi connectivity index (χ3v) is 4.71. The van der Waals surface area contributed by atoms with Crippen LogP contribution in [0.25, 0.3) is 0 Å². The molecule has 1 aliphatic carbocycles. The highest BCUT2D eigenvalue weighted by Crippen LogP contribution is 2.31. The Bertz CT molecular complexity index is 813. The maximum absolute atomic E-state index is 13.8. The molecular formula is C16H16F2N2O2S. The second-order valence-electron chi connectivity index (χ2n) is 5.75. The third kappa shape index (κ3) is 3.19. The first-order valence-corrected chi connectivity index (χ1v) is 7.82. The Balaban J connectivity index is 1.84. The molecule has 1 heterocycles. The molecule has 0 saturated heterocycles. The molecule has 0 fully saturated rings. The lowest BCUT2D eigenvalue weighted by molar-refractivity contribution is -0.137. The van der Waals surface area contributed by atoms with Crippen molar-refractivity contribution < 1.29 is 18.7 Å². The van der Waals surface area contributed by atoms with E-state index in [1.807, 2.05) is 10.8 Å². The maximum atomic E-state index is 13.8. The van der Waals surface area contributed by atoms with Crippen molar-refractivity contribution in [2.45, 2.75) is 38.3 Å². The van der Waals surface area contributed by atoms with Crippen molar-refractivity contribution >= 4 is 18.2 Å². The number of rotatable bonds is 4. The van der Waals surface area contributed by atoms with Gasteiger partial charge in [-0.05, 0) is 48.7 Å². The van der Waals surface area contributed by atoms with E-state index in [9.17, 15) is 13.6 Å². The molecule has 0 spiro atoms. The predicted molar refractivity (Wildman–Crippen MR) is 82.9 cm³/mol. The van der Waals surface area contributed by atoms with Crippen LogP contribution in [0.5, 0.6) is 0 Å². The lowest BCUT2D eigenvalue weighted by atomic mass is 9.87. The Kier molecular flexibility index (Phi) is 4.30. The number of aliphatic carboxylic acids is 1. The zero-order valence-electron chi connectivity index (χ0n) is 12.3. The van der Waals surface area contributed by atoms with Crippen LogP contribution in [-0.2, 0) is 24.2 Å². The first-order chi connectivity index (χ1) is 11.0. The third-order valence-electron chi connectivity index (χ3n) is 4.27. The number of benzene rings is 1. The number of carboxylic acid groups (broad SMARTS) is 1. The van der Waals surface area contributed by atoms with Crippen molar-refractivity contribution in [3.8, 4) is 0 Å². The molecular weight excluding hydrogens is 322 g/mol. The minimum atomic E-state index is -0.878. The van der Waals surface area contributed by atoms with Crippen LogP contribution in [0.1, 0.15) is 30.0 Å². The van der Waals surface area contributed by atoms with E-state index in [4.69, 9.17) is 17.3 Å². The summed E-state index contributed by atoms with van der Waals surface area (Å²) in [4.78, 5) is 10.7. The smallest absolute Gasteiger partial charge is 0.305 e. The topological polar surface area (TPSA) is 47.2 Å². The molecule has 0 bridgehead atoms. The van der Waals surface area contributed by atoms with Gasteiger partial charge < -0.3 is 14.2 Å². The summed E-state index contributed by atoms with van der Waals surface area (Å²) in [6.45, 7) is 0.313. The number of imidazole rings is 1. The molecule has 1 aliphatic rings. The van der Waals surface area contributed by atoms with Gasteiger partial charge in [-0.2, -0.15) is 0 Å². The number of aromatic nitrogens is 2. The van der Waals surface area contributed by atoms with Crippen molar-refractivity contribution in [1.29, 1.82) is 0 Å². The summed E-state index contributed by atoms with van der Waals surface area (Å²) in [5.74, 6) is -1.93. The standard InChI is InChI=1S/C16H16F2N2O2S/c17-11-7-10-8-12(1-2-13(10)14(18)9-11)20-6-5-19(16(20)23)4-3-15(21)22/h5-7,9,12H,1-4,8H2,(H,21,22). The second kappa shape index (κ2) is 6.23. The fraction of sp³-hybridized carbons (Fsp3) is 0.375. The van der Waals surface area contributed by atoms with E-state index in [2.05, 4.69) is 0 Å². The summed E-state index contributed by atoms with van der Waals surface area (Å²) in [6, 6.07) is 2.34. The molecule has 1 aromatic heterocycles. The molecule has 1 aromatic carbocycles. The molecule has 0 radical (unpaired) electrons. The Hall–Kier alpha value is -2.02. The summed E-state index contributed by atoms with van der Waals surface area (Å²) in [6.07, 6.45) is 5.34. The first-order valence-electron chi connectivity index (χ1n) is 7.41. The molecule has 122 valence electrons. The zero-order valence-corrected chi connectivity index (χ0v) is 13.2. The number of halogens is 2. The molecule has 4 nitrogen and oxygen atoms in total. The minimum Gasteiger partial charge on any atom is -0.481 e. The lowest BCUT2D eigenvalue weighted by Crippen LogP contribution is -2.20. The minimum absolute atomic E-state index is 0.00222. The van der Waals surface area contributed by atoms with E-state index in [1.165, 1.54) is 6.07 Å². The van der Waals surface area contributed by atoms with Gasteiger partial charge in [0.05, 0.1) is 6.42 Å². The summed E-state index contributed by atoms with van der Waals surface area (Å²) in [7, 11) is 0.